The van der Waals surface area contributed by atoms with E-state index in [9.17, 15) is 8.42 Å². The van der Waals surface area contributed by atoms with Crippen LogP contribution in [0, 0.1) is 20.8 Å². The van der Waals surface area contributed by atoms with E-state index in [1.807, 2.05) is 45.0 Å². The van der Waals surface area contributed by atoms with Gasteiger partial charge in [-0.25, -0.2) is 13.1 Å². The Morgan fingerprint density at radius 3 is 2.62 bits per heavy atom. The van der Waals surface area contributed by atoms with Crippen molar-refractivity contribution in [1.29, 1.82) is 0 Å². The molecule has 3 rings (SSSR count). The Morgan fingerprint density at radius 1 is 1.17 bits per heavy atom. The zero-order chi connectivity index (χ0) is 17.3. The van der Waals surface area contributed by atoms with Crippen LogP contribution >= 0.6 is 11.3 Å². The van der Waals surface area contributed by atoms with E-state index in [0.29, 0.717) is 5.76 Å². The van der Waals surface area contributed by atoms with Gasteiger partial charge in [0.25, 0.3) is 0 Å². The molecule has 126 valence electrons. The van der Waals surface area contributed by atoms with E-state index < -0.39 is 10.0 Å². The predicted octanol–water partition coefficient (Wildman–Crippen LogP) is 3.81. The van der Waals surface area contributed by atoms with Crippen LogP contribution < -0.4 is 4.72 Å². The molecule has 2 aromatic heterocycles. The first-order chi connectivity index (χ1) is 11.4. The monoisotopic (exact) mass is 362 g/mol. The molecule has 24 heavy (non-hydrogen) atoms. The Hall–Kier alpha value is -1.96. The SMILES string of the molecule is Cc1cccc(CNS(=O)(=O)c2ccc(-c3onc(C)c3C)s2)c1. The third-order valence-electron chi connectivity index (χ3n) is 3.78. The molecule has 0 bridgehead atoms. The van der Waals surface area contributed by atoms with Gasteiger partial charge in [0, 0.05) is 12.1 Å². The summed E-state index contributed by atoms with van der Waals surface area (Å²) in [6, 6.07) is 11.1. The van der Waals surface area contributed by atoms with Crippen LogP contribution in [0.1, 0.15) is 22.4 Å². The van der Waals surface area contributed by atoms with Crippen molar-refractivity contribution in [3.63, 3.8) is 0 Å². The zero-order valence-corrected chi connectivity index (χ0v) is 15.3. The number of thiophene rings is 1. The minimum absolute atomic E-state index is 0.262. The summed E-state index contributed by atoms with van der Waals surface area (Å²) >= 11 is 1.17. The smallest absolute Gasteiger partial charge is 0.250 e. The van der Waals surface area contributed by atoms with Crippen LogP contribution in [0.5, 0.6) is 0 Å². The highest BCUT2D eigenvalue weighted by Gasteiger charge is 2.20. The number of benzene rings is 1. The molecule has 0 radical (unpaired) electrons. The quantitative estimate of drug-likeness (QED) is 0.749. The molecule has 2 heterocycles. The number of rotatable bonds is 5. The highest BCUT2D eigenvalue weighted by atomic mass is 32.2. The van der Waals surface area contributed by atoms with Gasteiger partial charge in [-0.15, -0.1) is 11.3 Å². The lowest BCUT2D eigenvalue weighted by Gasteiger charge is -2.05. The van der Waals surface area contributed by atoms with Crippen molar-refractivity contribution in [3.05, 3.63) is 58.8 Å². The van der Waals surface area contributed by atoms with Crippen LogP contribution in [0.25, 0.3) is 10.6 Å². The number of aryl methyl sites for hydroxylation is 2. The van der Waals surface area contributed by atoms with Crippen molar-refractivity contribution in [1.82, 2.24) is 9.88 Å². The lowest BCUT2D eigenvalue weighted by Crippen LogP contribution is -2.22. The summed E-state index contributed by atoms with van der Waals surface area (Å²) in [5.41, 5.74) is 3.76. The lowest BCUT2D eigenvalue weighted by molar-refractivity contribution is 0.427. The summed E-state index contributed by atoms with van der Waals surface area (Å²) < 4.78 is 33.2. The number of hydrogen-bond donors (Lipinski definition) is 1. The molecule has 7 heteroatoms. The molecule has 0 spiro atoms. The molecule has 1 N–H and O–H groups in total. The van der Waals surface area contributed by atoms with Crippen molar-refractivity contribution < 1.29 is 12.9 Å². The van der Waals surface area contributed by atoms with Gasteiger partial charge in [0.05, 0.1) is 10.6 Å². The molecule has 0 fully saturated rings. The molecule has 5 nitrogen and oxygen atoms in total. The second kappa shape index (κ2) is 6.51. The molecule has 0 saturated carbocycles. The third kappa shape index (κ3) is 3.43. The van der Waals surface area contributed by atoms with Crippen LogP contribution in [-0.2, 0) is 16.6 Å². The Balaban J connectivity index is 1.79. The van der Waals surface area contributed by atoms with E-state index in [-0.39, 0.29) is 10.8 Å². The van der Waals surface area contributed by atoms with E-state index in [1.165, 1.54) is 11.3 Å². The third-order valence-corrected chi connectivity index (χ3v) is 6.75. The molecule has 0 amide bonds. The highest BCUT2D eigenvalue weighted by molar-refractivity contribution is 7.91. The van der Waals surface area contributed by atoms with E-state index >= 15 is 0 Å². The second-order valence-electron chi connectivity index (χ2n) is 5.65. The van der Waals surface area contributed by atoms with E-state index in [1.54, 1.807) is 12.1 Å². The van der Waals surface area contributed by atoms with Gasteiger partial charge in [-0.05, 0) is 38.5 Å². The predicted molar refractivity (Wildman–Crippen MR) is 94.5 cm³/mol. The molecule has 0 aliphatic rings. The van der Waals surface area contributed by atoms with Crippen LogP contribution in [0.4, 0.5) is 0 Å². The Kier molecular flexibility index (Phi) is 4.58. The molecule has 0 aliphatic heterocycles. The van der Waals surface area contributed by atoms with Gasteiger partial charge in [0.1, 0.15) is 4.21 Å². The van der Waals surface area contributed by atoms with Crippen LogP contribution in [-0.4, -0.2) is 13.6 Å². The van der Waals surface area contributed by atoms with Gasteiger partial charge in [0.2, 0.25) is 10.0 Å². The summed E-state index contributed by atoms with van der Waals surface area (Å²) in [5, 5.41) is 3.91. The van der Waals surface area contributed by atoms with Crippen LogP contribution in [0.15, 0.2) is 45.1 Å². The summed E-state index contributed by atoms with van der Waals surface area (Å²) in [6.45, 7) is 6.00. The topological polar surface area (TPSA) is 72.2 Å². The molecule has 0 saturated heterocycles. The maximum absolute atomic E-state index is 12.5. The fourth-order valence-electron chi connectivity index (χ4n) is 2.30. The first-order valence-electron chi connectivity index (χ1n) is 7.45. The Morgan fingerprint density at radius 2 is 1.96 bits per heavy atom. The Bertz CT molecular complexity index is 971. The lowest BCUT2D eigenvalue weighted by atomic mass is 10.1. The molecule has 0 aliphatic carbocycles. The van der Waals surface area contributed by atoms with Gasteiger partial charge in [-0.3, -0.25) is 0 Å². The van der Waals surface area contributed by atoms with Gasteiger partial charge in [0.15, 0.2) is 5.76 Å². The van der Waals surface area contributed by atoms with Gasteiger partial charge in [-0.2, -0.15) is 0 Å². The molecule has 1 aromatic carbocycles. The average molecular weight is 362 g/mol. The summed E-state index contributed by atoms with van der Waals surface area (Å²) in [4.78, 5) is 0.754. The molecule has 3 aromatic rings. The van der Waals surface area contributed by atoms with Crippen molar-refractivity contribution in [2.75, 3.05) is 0 Å². The van der Waals surface area contributed by atoms with Gasteiger partial charge >= 0.3 is 0 Å². The Labute approximate surface area is 145 Å². The summed E-state index contributed by atoms with van der Waals surface area (Å²) in [7, 11) is -3.56. The minimum atomic E-state index is -3.56. The van der Waals surface area contributed by atoms with E-state index in [0.717, 1.165) is 27.3 Å². The zero-order valence-electron chi connectivity index (χ0n) is 13.7. The van der Waals surface area contributed by atoms with Crippen LogP contribution in [0.2, 0.25) is 0 Å². The van der Waals surface area contributed by atoms with Gasteiger partial charge < -0.3 is 4.52 Å². The van der Waals surface area contributed by atoms with E-state index in [4.69, 9.17) is 4.52 Å². The van der Waals surface area contributed by atoms with Crippen molar-refractivity contribution in [2.24, 2.45) is 0 Å². The number of hydrogen-bond acceptors (Lipinski definition) is 5. The van der Waals surface area contributed by atoms with Crippen molar-refractivity contribution in [2.45, 2.75) is 31.5 Å². The fraction of sp³-hybridized carbons (Fsp3) is 0.235. The van der Waals surface area contributed by atoms with Crippen molar-refractivity contribution >= 4 is 21.4 Å². The van der Waals surface area contributed by atoms with Gasteiger partial charge in [-0.1, -0.05) is 35.0 Å². The number of nitrogens with zero attached hydrogens (tertiary/aromatic N) is 1. The maximum atomic E-state index is 12.5. The fourth-order valence-corrected chi connectivity index (χ4v) is 4.71. The normalized spacial score (nSPS) is 11.8. The largest absolute Gasteiger partial charge is 0.355 e. The number of sulfonamides is 1. The average Bonchev–Trinajstić information content (AvgIpc) is 3.14. The maximum Gasteiger partial charge on any atom is 0.250 e. The van der Waals surface area contributed by atoms with Crippen LogP contribution in [0.3, 0.4) is 0 Å². The molecule has 0 unspecified atom stereocenters. The number of aromatic nitrogens is 1. The second-order valence-corrected chi connectivity index (χ2v) is 8.73. The molecular weight excluding hydrogens is 344 g/mol. The first-order valence-corrected chi connectivity index (χ1v) is 9.75. The first kappa shape index (κ1) is 16.9. The summed E-state index contributed by atoms with van der Waals surface area (Å²) in [5.74, 6) is 0.623. The molecular formula is C17H18N2O3S2. The minimum Gasteiger partial charge on any atom is -0.355 e. The summed E-state index contributed by atoms with van der Waals surface area (Å²) in [6.07, 6.45) is 0. The highest BCUT2D eigenvalue weighted by Crippen LogP contribution is 2.33. The molecule has 0 atom stereocenters. The number of nitrogens with one attached hydrogen (secondary N) is 1. The van der Waals surface area contributed by atoms with E-state index in [2.05, 4.69) is 9.88 Å². The standard InChI is InChI=1S/C17H18N2O3S2/c1-11-5-4-6-14(9-11)10-18-24(20,21)16-8-7-15(23-16)17-12(2)13(3)19-22-17/h4-9,18H,10H2,1-3H3. The van der Waals surface area contributed by atoms with Crippen molar-refractivity contribution in [3.8, 4) is 10.6 Å².